The molecule has 0 atom stereocenters. The number of nitrogens with zero attached hydrogens (tertiary/aromatic N) is 2. The Balaban J connectivity index is 3.02. The average molecular weight is 293 g/mol. The minimum Gasteiger partial charge on any atom is -0.456 e. The highest BCUT2D eigenvalue weighted by molar-refractivity contribution is 5.97. The molecular formula is C16H27N3O2. The normalized spacial score (nSPS) is 11.6. The molecule has 0 fully saturated rings. The molecule has 5 nitrogen and oxygen atoms in total. The van der Waals surface area contributed by atoms with Crippen LogP contribution in [0, 0.1) is 0 Å². The zero-order valence-corrected chi connectivity index (χ0v) is 13.9. The van der Waals surface area contributed by atoms with Gasteiger partial charge in [-0.15, -0.1) is 0 Å². The molecule has 0 aliphatic rings. The van der Waals surface area contributed by atoms with Crippen molar-refractivity contribution >= 4 is 17.3 Å². The molecule has 0 heterocycles. The van der Waals surface area contributed by atoms with Gasteiger partial charge in [-0.1, -0.05) is 0 Å². The Morgan fingerprint density at radius 2 is 1.81 bits per heavy atom. The SMILES string of the molecule is CN(C)CCN(C)c1ccc(N)cc1C(=O)OC(C)(C)C. The van der Waals surface area contributed by atoms with Gasteiger partial charge in [-0.05, 0) is 53.1 Å². The summed E-state index contributed by atoms with van der Waals surface area (Å²) in [4.78, 5) is 16.5. The number of nitrogen functional groups attached to an aromatic ring is 1. The predicted octanol–water partition coefficient (Wildman–Crippen LogP) is 2.22. The molecule has 0 aliphatic heterocycles. The lowest BCUT2D eigenvalue weighted by Crippen LogP contribution is -2.30. The highest BCUT2D eigenvalue weighted by atomic mass is 16.6. The highest BCUT2D eigenvalue weighted by Gasteiger charge is 2.22. The van der Waals surface area contributed by atoms with E-state index in [0.717, 1.165) is 18.8 Å². The lowest BCUT2D eigenvalue weighted by Gasteiger charge is -2.25. The molecule has 0 bridgehead atoms. The summed E-state index contributed by atoms with van der Waals surface area (Å²) in [5, 5.41) is 0. The summed E-state index contributed by atoms with van der Waals surface area (Å²) in [6.45, 7) is 7.27. The largest absolute Gasteiger partial charge is 0.456 e. The van der Waals surface area contributed by atoms with E-state index in [9.17, 15) is 4.79 Å². The van der Waals surface area contributed by atoms with E-state index in [1.54, 1.807) is 12.1 Å². The van der Waals surface area contributed by atoms with Gasteiger partial charge >= 0.3 is 5.97 Å². The van der Waals surface area contributed by atoms with Crippen LogP contribution >= 0.6 is 0 Å². The molecule has 0 aliphatic carbocycles. The third kappa shape index (κ3) is 5.63. The summed E-state index contributed by atoms with van der Waals surface area (Å²) in [6, 6.07) is 5.34. The van der Waals surface area contributed by atoms with Crippen LogP contribution in [0.2, 0.25) is 0 Å². The first kappa shape index (κ1) is 17.3. The first-order chi connectivity index (χ1) is 9.60. The van der Waals surface area contributed by atoms with E-state index in [2.05, 4.69) is 4.90 Å². The van der Waals surface area contributed by atoms with Crippen LogP contribution in [0.4, 0.5) is 11.4 Å². The molecule has 118 valence electrons. The van der Waals surface area contributed by atoms with E-state index in [4.69, 9.17) is 10.5 Å². The number of hydrogen-bond donors (Lipinski definition) is 1. The Kier molecular flexibility index (Phi) is 5.61. The number of likely N-dealkylation sites (N-methyl/N-ethyl adjacent to an activating group) is 2. The van der Waals surface area contributed by atoms with E-state index in [-0.39, 0.29) is 5.97 Å². The number of hydrogen-bond acceptors (Lipinski definition) is 5. The van der Waals surface area contributed by atoms with Crippen molar-refractivity contribution < 1.29 is 9.53 Å². The highest BCUT2D eigenvalue weighted by Crippen LogP contribution is 2.25. The van der Waals surface area contributed by atoms with Gasteiger partial charge in [0.2, 0.25) is 0 Å². The van der Waals surface area contributed by atoms with Gasteiger partial charge in [0.1, 0.15) is 5.60 Å². The maximum Gasteiger partial charge on any atom is 0.340 e. The summed E-state index contributed by atoms with van der Waals surface area (Å²) in [5.41, 5.74) is 7.19. The van der Waals surface area contributed by atoms with Gasteiger partial charge in [-0.2, -0.15) is 0 Å². The van der Waals surface area contributed by atoms with Crippen molar-refractivity contribution in [2.24, 2.45) is 0 Å². The molecule has 1 aromatic carbocycles. The molecule has 0 unspecified atom stereocenters. The summed E-state index contributed by atoms with van der Waals surface area (Å²) in [6.07, 6.45) is 0. The number of carbonyl (C=O) groups excluding carboxylic acids is 1. The second-order valence-corrected chi connectivity index (χ2v) is 6.50. The van der Waals surface area contributed by atoms with Crippen molar-refractivity contribution in [2.75, 3.05) is 44.9 Å². The number of anilines is 2. The van der Waals surface area contributed by atoms with Gasteiger partial charge in [0.25, 0.3) is 0 Å². The van der Waals surface area contributed by atoms with Gasteiger partial charge in [-0.25, -0.2) is 4.79 Å². The van der Waals surface area contributed by atoms with Gasteiger partial charge in [0.05, 0.1) is 11.3 Å². The molecule has 0 aromatic heterocycles. The smallest absolute Gasteiger partial charge is 0.340 e. The molecule has 5 heteroatoms. The van der Waals surface area contributed by atoms with Crippen LogP contribution < -0.4 is 10.6 Å². The first-order valence-corrected chi connectivity index (χ1v) is 7.09. The molecule has 1 aromatic rings. The zero-order chi connectivity index (χ0) is 16.2. The number of nitrogens with two attached hydrogens (primary N) is 1. The van der Waals surface area contributed by atoms with Crippen LogP contribution in [0.25, 0.3) is 0 Å². The third-order valence-corrected chi connectivity index (χ3v) is 2.93. The molecule has 0 saturated heterocycles. The van der Waals surface area contributed by atoms with Crippen molar-refractivity contribution in [1.82, 2.24) is 4.90 Å². The fraction of sp³-hybridized carbons (Fsp3) is 0.562. The van der Waals surface area contributed by atoms with E-state index >= 15 is 0 Å². The van der Waals surface area contributed by atoms with Gasteiger partial charge in [-0.3, -0.25) is 0 Å². The number of carbonyl (C=O) groups is 1. The number of ether oxygens (including phenoxy) is 1. The van der Waals surface area contributed by atoms with Crippen LogP contribution in [0.3, 0.4) is 0 Å². The van der Waals surface area contributed by atoms with Gasteiger partial charge < -0.3 is 20.3 Å². The quantitative estimate of drug-likeness (QED) is 0.666. The fourth-order valence-electron chi connectivity index (χ4n) is 1.85. The Bertz CT molecular complexity index is 493. The van der Waals surface area contributed by atoms with Crippen molar-refractivity contribution in [2.45, 2.75) is 26.4 Å². The van der Waals surface area contributed by atoms with E-state index in [1.807, 2.05) is 52.9 Å². The Morgan fingerprint density at radius 1 is 1.19 bits per heavy atom. The summed E-state index contributed by atoms with van der Waals surface area (Å²) < 4.78 is 5.46. The Hall–Kier alpha value is -1.75. The lowest BCUT2D eigenvalue weighted by atomic mass is 10.1. The number of benzene rings is 1. The van der Waals surface area contributed by atoms with E-state index in [1.165, 1.54) is 0 Å². The van der Waals surface area contributed by atoms with Gasteiger partial charge in [0, 0.05) is 25.8 Å². The monoisotopic (exact) mass is 293 g/mol. The standard InChI is InChI=1S/C16H27N3O2/c1-16(2,3)21-15(20)13-11-12(17)7-8-14(13)19(6)10-9-18(4)5/h7-8,11H,9-10,17H2,1-6H3. The first-order valence-electron chi connectivity index (χ1n) is 7.09. The van der Waals surface area contributed by atoms with Crippen LogP contribution in [-0.2, 0) is 4.74 Å². The maximum atomic E-state index is 12.4. The third-order valence-electron chi connectivity index (χ3n) is 2.93. The fourth-order valence-corrected chi connectivity index (χ4v) is 1.85. The van der Waals surface area contributed by atoms with Crippen LogP contribution in [-0.4, -0.2) is 50.7 Å². The van der Waals surface area contributed by atoms with Crippen molar-refractivity contribution in [1.29, 1.82) is 0 Å². The molecule has 1 rings (SSSR count). The lowest BCUT2D eigenvalue weighted by molar-refractivity contribution is 0.00704. The molecule has 21 heavy (non-hydrogen) atoms. The zero-order valence-electron chi connectivity index (χ0n) is 13.9. The molecular weight excluding hydrogens is 266 g/mol. The van der Waals surface area contributed by atoms with Crippen LogP contribution in [0.5, 0.6) is 0 Å². The van der Waals surface area contributed by atoms with Crippen molar-refractivity contribution in [3.05, 3.63) is 23.8 Å². The van der Waals surface area contributed by atoms with Crippen LogP contribution in [0.15, 0.2) is 18.2 Å². The summed E-state index contributed by atoms with van der Waals surface area (Å²) in [5.74, 6) is -0.346. The van der Waals surface area contributed by atoms with Crippen molar-refractivity contribution in [3.8, 4) is 0 Å². The van der Waals surface area contributed by atoms with E-state index in [0.29, 0.717) is 11.3 Å². The maximum absolute atomic E-state index is 12.4. The Morgan fingerprint density at radius 3 is 2.33 bits per heavy atom. The van der Waals surface area contributed by atoms with Crippen molar-refractivity contribution in [3.63, 3.8) is 0 Å². The molecule has 0 amide bonds. The minimum absolute atomic E-state index is 0.346. The molecule has 0 radical (unpaired) electrons. The van der Waals surface area contributed by atoms with E-state index < -0.39 is 5.60 Å². The average Bonchev–Trinajstić information content (AvgIpc) is 2.33. The second-order valence-electron chi connectivity index (χ2n) is 6.50. The molecule has 0 spiro atoms. The van der Waals surface area contributed by atoms with Crippen LogP contribution in [0.1, 0.15) is 31.1 Å². The molecule has 0 saturated carbocycles. The number of rotatable bonds is 5. The Labute approximate surface area is 127 Å². The second kappa shape index (κ2) is 6.80. The summed E-state index contributed by atoms with van der Waals surface area (Å²) >= 11 is 0. The number of esters is 1. The van der Waals surface area contributed by atoms with Gasteiger partial charge in [0.15, 0.2) is 0 Å². The summed E-state index contributed by atoms with van der Waals surface area (Å²) in [7, 11) is 6.00. The topological polar surface area (TPSA) is 58.8 Å². The molecule has 2 N–H and O–H groups in total. The minimum atomic E-state index is -0.527. The predicted molar refractivity (Wildman–Crippen MR) is 87.8 cm³/mol.